The number of para-hydroxylation sites is 2. The van der Waals surface area contributed by atoms with Gasteiger partial charge in [-0.15, -0.1) is 0 Å². The Bertz CT molecular complexity index is 1400. The van der Waals surface area contributed by atoms with Gasteiger partial charge in [0.2, 0.25) is 0 Å². The molecule has 0 aliphatic heterocycles. The number of aromatic nitrogens is 1. The molecule has 0 fully saturated rings. The fourth-order valence-electron chi connectivity index (χ4n) is 3.94. The lowest BCUT2D eigenvalue weighted by Gasteiger charge is -2.01. The van der Waals surface area contributed by atoms with E-state index in [0.29, 0.717) is 0 Å². The second-order valence-corrected chi connectivity index (χ2v) is 6.29. The highest BCUT2D eigenvalue weighted by Crippen LogP contribution is 2.38. The topological polar surface area (TPSA) is 28.9 Å². The molecule has 0 radical (unpaired) electrons. The van der Waals surface area contributed by atoms with Crippen molar-refractivity contribution in [3.05, 3.63) is 72.8 Å². The summed E-state index contributed by atoms with van der Waals surface area (Å²) < 4.78 is 6.19. The van der Waals surface area contributed by atoms with Gasteiger partial charge < -0.3 is 9.40 Å². The summed E-state index contributed by atoms with van der Waals surface area (Å²) in [7, 11) is 0. The second kappa shape index (κ2) is 4.18. The van der Waals surface area contributed by atoms with Crippen molar-refractivity contribution in [2.45, 2.75) is 0 Å². The van der Waals surface area contributed by atoms with Crippen LogP contribution in [0.3, 0.4) is 0 Å². The predicted molar refractivity (Wildman–Crippen MR) is 101 cm³/mol. The molecular formula is C22H13NO. The molecule has 0 unspecified atom stereocenters. The maximum Gasteiger partial charge on any atom is 0.143 e. The minimum atomic E-state index is 0.944. The molecule has 6 aromatic rings. The molecule has 0 aliphatic rings. The third kappa shape index (κ3) is 1.41. The average Bonchev–Trinajstić information content (AvgIpc) is 3.19. The number of rotatable bonds is 0. The van der Waals surface area contributed by atoms with Crippen molar-refractivity contribution in [2.75, 3.05) is 0 Å². The molecule has 4 aromatic carbocycles. The summed E-state index contributed by atoms with van der Waals surface area (Å²) in [5, 5.41) is 7.28. The highest BCUT2D eigenvalue weighted by Gasteiger charge is 2.13. The van der Waals surface area contributed by atoms with Gasteiger partial charge >= 0.3 is 0 Å². The number of hydrogen-bond acceptors (Lipinski definition) is 1. The van der Waals surface area contributed by atoms with Crippen molar-refractivity contribution in [3.63, 3.8) is 0 Å². The Morgan fingerprint density at radius 3 is 2.21 bits per heavy atom. The molecular weight excluding hydrogens is 294 g/mol. The van der Waals surface area contributed by atoms with Crippen molar-refractivity contribution >= 4 is 54.5 Å². The Morgan fingerprint density at radius 1 is 0.542 bits per heavy atom. The van der Waals surface area contributed by atoms with E-state index in [2.05, 4.69) is 65.6 Å². The van der Waals surface area contributed by atoms with Crippen LogP contribution in [0.15, 0.2) is 77.2 Å². The summed E-state index contributed by atoms with van der Waals surface area (Å²) in [5.41, 5.74) is 4.25. The van der Waals surface area contributed by atoms with Gasteiger partial charge in [0.25, 0.3) is 0 Å². The van der Waals surface area contributed by atoms with Crippen molar-refractivity contribution in [3.8, 4) is 0 Å². The van der Waals surface area contributed by atoms with E-state index in [-0.39, 0.29) is 0 Å². The summed E-state index contributed by atoms with van der Waals surface area (Å²) in [6, 6.07) is 25.4. The van der Waals surface area contributed by atoms with Gasteiger partial charge in [0.05, 0.1) is 0 Å². The zero-order chi connectivity index (χ0) is 15.7. The maximum absolute atomic E-state index is 6.19. The van der Waals surface area contributed by atoms with Crippen LogP contribution in [0, 0.1) is 0 Å². The first-order valence-electron chi connectivity index (χ1n) is 8.13. The van der Waals surface area contributed by atoms with Crippen LogP contribution in [0.1, 0.15) is 0 Å². The van der Waals surface area contributed by atoms with E-state index < -0.39 is 0 Å². The number of benzene rings is 4. The van der Waals surface area contributed by atoms with Gasteiger partial charge in [0.15, 0.2) is 0 Å². The number of aromatic amines is 1. The molecule has 2 heterocycles. The number of nitrogens with one attached hydrogen (secondary N) is 1. The third-order valence-electron chi connectivity index (χ3n) is 5.01. The van der Waals surface area contributed by atoms with Gasteiger partial charge in [-0.2, -0.15) is 0 Å². The number of H-pyrrole nitrogens is 1. The Morgan fingerprint density at radius 2 is 1.25 bits per heavy atom. The summed E-state index contributed by atoms with van der Waals surface area (Å²) in [6.07, 6.45) is 0. The van der Waals surface area contributed by atoms with Gasteiger partial charge in [-0.3, -0.25) is 0 Å². The largest absolute Gasteiger partial charge is 0.455 e. The van der Waals surface area contributed by atoms with Gasteiger partial charge in [0.1, 0.15) is 11.2 Å². The molecule has 0 amide bonds. The molecule has 0 saturated carbocycles. The fourth-order valence-corrected chi connectivity index (χ4v) is 3.94. The van der Waals surface area contributed by atoms with Crippen LogP contribution in [-0.2, 0) is 0 Å². The van der Waals surface area contributed by atoms with Crippen molar-refractivity contribution in [2.24, 2.45) is 0 Å². The molecule has 2 nitrogen and oxygen atoms in total. The molecule has 112 valence electrons. The molecule has 0 atom stereocenters. The lowest BCUT2D eigenvalue weighted by atomic mass is 10.0. The summed E-state index contributed by atoms with van der Waals surface area (Å²) in [6.45, 7) is 0. The molecule has 0 spiro atoms. The van der Waals surface area contributed by atoms with Crippen molar-refractivity contribution < 1.29 is 4.42 Å². The van der Waals surface area contributed by atoms with Crippen LogP contribution >= 0.6 is 0 Å². The zero-order valence-corrected chi connectivity index (χ0v) is 12.8. The van der Waals surface area contributed by atoms with E-state index in [0.717, 1.165) is 11.2 Å². The van der Waals surface area contributed by atoms with Gasteiger partial charge in [0, 0.05) is 38.0 Å². The smallest absolute Gasteiger partial charge is 0.143 e. The second-order valence-electron chi connectivity index (χ2n) is 6.29. The third-order valence-corrected chi connectivity index (χ3v) is 5.01. The number of furan rings is 1. The van der Waals surface area contributed by atoms with Crippen molar-refractivity contribution in [1.82, 2.24) is 4.98 Å². The first kappa shape index (κ1) is 12.2. The molecule has 24 heavy (non-hydrogen) atoms. The summed E-state index contributed by atoms with van der Waals surface area (Å²) in [4.78, 5) is 3.51. The minimum Gasteiger partial charge on any atom is -0.455 e. The van der Waals surface area contributed by atoms with Crippen LogP contribution in [0.4, 0.5) is 0 Å². The quantitative estimate of drug-likeness (QED) is 0.347. The van der Waals surface area contributed by atoms with E-state index >= 15 is 0 Å². The predicted octanol–water partition coefficient (Wildman–Crippen LogP) is 6.37. The molecule has 2 heteroatoms. The number of hydrogen-bond donors (Lipinski definition) is 1. The maximum atomic E-state index is 6.19. The number of fused-ring (bicyclic) bond motifs is 9. The molecule has 0 saturated heterocycles. The van der Waals surface area contributed by atoms with E-state index in [1.54, 1.807) is 0 Å². The zero-order valence-electron chi connectivity index (χ0n) is 12.8. The van der Waals surface area contributed by atoms with Gasteiger partial charge in [-0.25, -0.2) is 0 Å². The normalized spacial score (nSPS) is 12.2. The summed E-state index contributed by atoms with van der Waals surface area (Å²) >= 11 is 0. The van der Waals surface area contributed by atoms with Crippen LogP contribution in [-0.4, -0.2) is 4.98 Å². The molecule has 0 bridgehead atoms. The van der Waals surface area contributed by atoms with Crippen LogP contribution in [0.25, 0.3) is 54.5 Å². The molecule has 2 aromatic heterocycles. The first-order chi connectivity index (χ1) is 11.9. The van der Waals surface area contributed by atoms with Gasteiger partial charge in [-0.1, -0.05) is 42.5 Å². The fraction of sp³-hybridized carbons (Fsp3) is 0. The van der Waals surface area contributed by atoms with E-state index in [1.807, 2.05) is 12.1 Å². The highest BCUT2D eigenvalue weighted by molar-refractivity contribution is 6.25. The Hall–Kier alpha value is -3.26. The van der Waals surface area contributed by atoms with Crippen molar-refractivity contribution in [1.29, 1.82) is 0 Å². The van der Waals surface area contributed by atoms with Crippen LogP contribution in [0.2, 0.25) is 0 Å². The van der Waals surface area contributed by atoms with Crippen LogP contribution < -0.4 is 0 Å². The Kier molecular flexibility index (Phi) is 2.12. The minimum absolute atomic E-state index is 0.944. The van der Waals surface area contributed by atoms with Gasteiger partial charge in [-0.05, 0) is 35.7 Å². The van der Waals surface area contributed by atoms with Crippen LogP contribution in [0.5, 0.6) is 0 Å². The molecule has 6 rings (SSSR count). The van der Waals surface area contributed by atoms with E-state index in [4.69, 9.17) is 4.42 Å². The molecule has 0 aliphatic carbocycles. The van der Waals surface area contributed by atoms with E-state index in [1.165, 1.54) is 43.4 Å². The lowest BCUT2D eigenvalue weighted by molar-refractivity contribution is 0.672. The van der Waals surface area contributed by atoms with E-state index in [9.17, 15) is 0 Å². The molecule has 1 N–H and O–H groups in total. The Labute approximate surface area is 137 Å². The average molecular weight is 307 g/mol. The SMILES string of the molecule is c1ccc2c(c1)[nH]c1ccc3c(ccc4c5ccccc5oc43)c12. The highest BCUT2D eigenvalue weighted by atomic mass is 16.3. The lowest BCUT2D eigenvalue weighted by Crippen LogP contribution is -1.76. The summed E-state index contributed by atoms with van der Waals surface area (Å²) in [5.74, 6) is 0. The monoisotopic (exact) mass is 307 g/mol. The Balaban J connectivity index is 1.90. The standard InChI is InChI=1S/C22H13NO/c1-3-7-18-17(6-1)21-14-9-10-15-13-5-2-4-8-20(13)24-22(15)16(14)11-12-19(21)23-18/h1-12,23H. The first-order valence-corrected chi connectivity index (χ1v) is 8.13.